The molecule has 1 aromatic carbocycles. The van der Waals surface area contributed by atoms with Gasteiger partial charge in [-0.3, -0.25) is 9.48 Å². The number of fused-ring (bicyclic) bond motifs is 1. The molecule has 0 unspecified atom stereocenters. The first-order valence-electron chi connectivity index (χ1n) is 9.92. The summed E-state index contributed by atoms with van der Waals surface area (Å²) in [5.74, 6) is 1.71. The number of anilines is 1. The van der Waals surface area contributed by atoms with Crippen molar-refractivity contribution in [1.29, 1.82) is 0 Å². The Balaban J connectivity index is 1.77. The first-order valence-corrected chi connectivity index (χ1v) is 9.92. The summed E-state index contributed by atoms with van der Waals surface area (Å²) in [5, 5.41) is 7.30. The van der Waals surface area contributed by atoms with E-state index in [2.05, 4.69) is 38.1 Å². The number of nitrogens with zero attached hydrogens (tertiary/aromatic N) is 2. The standard InChI is InChI=1S/C22H29N3O4/c1-6-15(4)18(14(2)3)13-25-12-16(11-23-25)24-22(26)17-9-20-21(10-19(17)27-5)29-8-7-28-20/h9-12,14H,6-8,13H2,1-5H3,(H,24,26)/b18-15-. The zero-order chi connectivity index (χ0) is 21.0. The van der Waals surface area contributed by atoms with Crippen LogP contribution in [-0.2, 0) is 6.54 Å². The number of ether oxygens (including phenoxy) is 3. The third kappa shape index (κ3) is 4.72. The molecule has 7 heteroatoms. The molecule has 2 aromatic rings. The summed E-state index contributed by atoms with van der Waals surface area (Å²) < 4.78 is 18.4. The molecule has 1 aliphatic rings. The number of aromatic nitrogens is 2. The predicted molar refractivity (Wildman–Crippen MR) is 112 cm³/mol. The average molecular weight is 399 g/mol. The third-order valence-electron chi connectivity index (χ3n) is 5.11. The van der Waals surface area contributed by atoms with Crippen LogP contribution in [0.3, 0.4) is 0 Å². The van der Waals surface area contributed by atoms with E-state index in [0.29, 0.717) is 54.2 Å². The number of methoxy groups -OCH3 is 1. The molecule has 156 valence electrons. The third-order valence-corrected chi connectivity index (χ3v) is 5.11. The molecule has 1 N–H and O–H groups in total. The molecule has 2 heterocycles. The number of hydrogen-bond acceptors (Lipinski definition) is 5. The fraction of sp³-hybridized carbons (Fsp3) is 0.455. The summed E-state index contributed by atoms with van der Waals surface area (Å²) in [7, 11) is 1.52. The van der Waals surface area contributed by atoms with E-state index in [9.17, 15) is 4.79 Å². The second-order valence-electron chi connectivity index (χ2n) is 7.39. The Labute approximate surface area is 171 Å². The van der Waals surface area contributed by atoms with Crippen molar-refractivity contribution >= 4 is 11.6 Å². The smallest absolute Gasteiger partial charge is 0.259 e. The number of carbonyl (C=O) groups is 1. The van der Waals surface area contributed by atoms with Crippen LogP contribution in [0.4, 0.5) is 5.69 Å². The number of rotatable bonds is 7. The highest BCUT2D eigenvalue weighted by molar-refractivity contribution is 6.06. The number of carbonyl (C=O) groups excluding carboxylic acids is 1. The van der Waals surface area contributed by atoms with Crippen molar-refractivity contribution in [3.05, 3.63) is 41.2 Å². The van der Waals surface area contributed by atoms with Gasteiger partial charge >= 0.3 is 0 Å². The highest BCUT2D eigenvalue weighted by Crippen LogP contribution is 2.37. The van der Waals surface area contributed by atoms with Gasteiger partial charge in [-0.2, -0.15) is 5.10 Å². The maximum Gasteiger partial charge on any atom is 0.259 e. The predicted octanol–water partition coefficient (Wildman–Crippen LogP) is 4.30. The first kappa shape index (κ1) is 20.8. The SMILES string of the molecule is CC/C(C)=C(/Cn1cc(NC(=O)c2cc3c(cc2OC)OCCO3)cn1)C(C)C. The minimum absolute atomic E-state index is 0.289. The van der Waals surface area contributed by atoms with Gasteiger partial charge in [-0.1, -0.05) is 26.3 Å². The minimum atomic E-state index is -0.289. The van der Waals surface area contributed by atoms with Gasteiger partial charge in [0.1, 0.15) is 19.0 Å². The zero-order valence-electron chi connectivity index (χ0n) is 17.7. The van der Waals surface area contributed by atoms with Crippen molar-refractivity contribution in [3.8, 4) is 17.2 Å². The molecule has 0 saturated heterocycles. The lowest BCUT2D eigenvalue weighted by molar-refractivity contribution is 0.102. The highest BCUT2D eigenvalue weighted by atomic mass is 16.6. The Hall–Kier alpha value is -2.96. The lowest BCUT2D eigenvalue weighted by Crippen LogP contribution is -2.18. The maximum atomic E-state index is 12.8. The second-order valence-corrected chi connectivity index (χ2v) is 7.39. The summed E-state index contributed by atoms with van der Waals surface area (Å²) in [6.45, 7) is 10.3. The van der Waals surface area contributed by atoms with Crippen molar-refractivity contribution in [2.24, 2.45) is 5.92 Å². The van der Waals surface area contributed by atoms with E-state index in [0.717, 1.165) is 6.42 Å². The lowest BCUT2D eigenvalue weighted by atomic mass is 9.96. The normalized spacial score (nSPS) is 13.9. The van der Waals surface area contributed by atoms with E-state index in [1.165, 1.54) is 18.3 Å². The summed E-state index contributed by atoms with van der Waals surface area (Å²) >= 11 is 0. The first-order chi connectivity index (χ1) is 13.9. The molecule has 0 bridgehead atoms. The highest BCUT2D eigenvalue weighted by Gasteiger charge is 2.21. The fourth-order valence-electron chi connectivity index (χ4n) is 3.34. The summed E-state index contributed by atoms with van der Waals surface area (Å²) in [5.41, 5.74) is 3.75. The Morgan fingerprint density at radius 1 is 1.28 bits per heavy atom. The number of nitrogens with one attached hydrogen (secondary N) is 1. The van der Waals surface area contributed by atoms with Crippen LogP contribution in [0.15, 0.2) is 35.7 Å². The molecule has 7 nitrogen and oxygen atoms in total. The molecule has 0 aliphatic carbocycles. The molecule has 0 atom stereocenters. The molecule has 29 heavy (non-hydrogen) atoms. The van der Waals surface area contributed by atoms with Crippen LogP contribution in [0.5, 0.6) is 17.2 Å². The lowest BCUT2D eigenvalue weighted by Gasteiger charge is -2.20. The van der Waals surface area contributed by atoms with E-state index in [1.54, 1.807) is 18.3 Å². The molecule has 0 saturated carbocycles. The average Bonchev–Trinajstić information content (AvgIpc) is 3.17. The van der Waals surface area contributed by atoms with E-state index < -0.39 is 0 Å². The van der Waals surface area contributed by atoms with Crippen LogP contribution in [0.25, 0.3) is 0 Å². The Morgan fingerprint density at radius 3 is 2.59 bits per heavy atom. The van der Waals surface area contributed by atoms with Gasteiger partial charge in [-0.25, -0.2) is 0 Å². The summed E-state index contributed by atoms with van der Waals surface area (Å²) in [6, 6.07) is 3.33. The van der Waals surface area contributed by atoms with Gasteiger partial charge in [-0.15, -0.1) is 0 Å². The van der Waals surface area contributed by atoms with Crippen LogP contribution in [-0.4, -0.2) is 36.0 Å². The van der Waals surface area contributed by atoms with Crippen molar-refractivity contribution in [3.63, 3.8) is 0 Å². The molecular weight excluding hydrogens is 370 g/mol. The van der Waals surface area contributed by atoms with E-state index in [4.69, 9.17) is 14.2 Å². The van der Waals surface area contributed by atoms with Crippen LogP contribution >= 0.6 is 0 Å². The van der Waals surface area contributed by atoms with E-state index in [-0.39, 0.29) is 5.91 Å². The van der Waals surface area contributed by atoms with Gasteiger partial charge in [0.25, 0.3) is 5.91 Å². The second kappa shape index (κ2) is 9.03. The minimum Gasteiger partial charge on any atom is -0.496 e. The molecule has 0 radical (unpaired) electrons. The van der Waals surface area contributed by atoms with Gasteiger partial charge in [0.05, 0.1) is 31.1 Å². The zero-order valence-corrected chi connectivity index (χ0v) is 17.7. The summed E-state index contributed by atoms with van der Waals surface area (Å²) in [6.07, 6.45) is 4.51. The monoisotopic (exact) mass is 399 g/mol. The van der Waals surface area contributed by atoms with Gasteiger partial charge in [0.2, 0.25) is 0 Å². The topological polar surface area (TPSA) is 74.6 Å². The van der Waals surface area contributed by atoms with E-state index in [1.807, 2.05) is 10.9 Å². The quantitative estimate of drug-likeness (QED) is 0.703. The molecule has 1 amide bonds. The van der Waals surface area contributed by atoms with Gasteiger partial charge in [0.15, 0.2) is 11.5 Å². The molecule has 1 aromatic heterocycles. The van der Waals surface area contributed by atoms with Crippen molar-refractivity contribution in [1.82, 2.24) is 9.78 Å². The molecule has 1 aliphatic heterocycles. The number of hydrogen-bond donors (Lipinski definition) is 1. The largest absolute Gasteiger partial charge is 0.496 e. The molecular formula is C22H29N3O4. The van der Waals surface area contributed by atoms with Crippen LogP contribution in [0, 0.1) is 5.92 Å². The van der Waals surface area contributed by atoms with Crippen molar-refractivity contribution < 1.29 is 19.0 Å². The number of allylic oxidation sites excluding steroid dienone is 2. The fourth-order valence-corrected chi connectivity index (χ4v) is 3.34. The van der Waals surface area contributed by atoms with Crippen LogP contribution in [0.1, 0.15) is 44.5 Å². The Kier molecular flexibility index (Phi) is 6.46. The molecule has 3 rings (SSSR count). The van der Waals surface area contributed by atoms with Crippen LogP contribution < -0.4 is 19.5 Å². The van der Waals surface area contributed by atoms with Crippen molar-refractivity contribution in [2.75, 3.05) is 25.6 Å². The van der Waals surface area contributed by atoms with Gasteiger partial charge in [-0.05, 0) is 24.8 Å². The summed E-state index contributed by atoms with van der Waals surface area (Å²) in [4.78, 5) is 12.8. The molecule has 0 spiro atoms. The van der Waals surface area contributed by atoms with Gasteiger partial charge < -0.3 is 19.5 Å². The van der Waals surface area contributed by atoms with E-state index >= 15 is 0 Å². The number of amides is 1. The number of benzene rings is 1. The Bertz CT molecular complexity index is 915. The van der Waals surface area contributed by atoms with Gasteiger partial charge in [0, 0.05) is 18.3 Å². The Morgan fingerprint density at radius 2 is 1.97 bits per heavy atom. The molecule has 0 fully saturated rings. The van der Waals surface area contributed by atoms with Crippen molar-refractivity contribution in [2.45, 2.75) is 40.7 Å². The van der Waals surface area contributed by atoms with Crippen LogP contribution in [0.2, 0.25) is 0 Å². The maximum absolute atomic E-state index is 12.8.